The first-order valence-corrected chi connectivity index (χ1v) is 8.68. The molecule has 0 saturated carbocycles. The van der Waals surface area contributed by atoms with Gasteiger partial charge in [-0.05, 0) is 36.2 Å². The Hall–Kier alpha value is -3.13. The van der Waals surface area contributed by atoms with Crippen LogP contribution in [0, 0.1) is 11.3 Å². The molecule has 0 aromatic heterocycles. The maximum atomic E-state index is 9.83. The number of nitrogens with zero attached hydrogens (tertiary/aromatic N) is 3. The number of rotatable bonds is 3. The zero-order valence-electron chi connectivity index (χ0n) is 15.0. The largest absolute Gasteiger partial charge is 0.493 e. The predicted octanol–water partition coefficient (Wildman–Crippen LogP) is 3.27. The van der Waals surface area contributed by atoms with Crippen LogP contribution in [0.5, 0.6) is 11.5 Å². The molecule has 4 rings (SSSR count). The van der Waals surface area contributed by atoms with Gasteiger partial charge >= 0.3 is 0 Å². The highest BCUT2D eigenvalue weighted by Gasteiger charge is 2.31. The van der Waals surface area contributed by atoms with Crippen molar-refractivity contribution in [1.82, 2.24) is 4.90 Å². The van der Waals surface area contributed by atoms with E-state index in [1.807, 2.05) is 30.3 Å². The van der Waals surface area contributed by atoms with E-state index >= 15 is 0 Å². The Labute approximate surface area is 153 Å². The molecule has 5 heteroatoms. The molecular weight excluding hydrogens is 326 g/mol. The minimum atomic E-state index is 0.611. The van der Waals surface area contributed by atoms with E-state index in [1.165, 1.54) is 5.56 Å². The predicted molar refractivity (Wildman–Crippen MR) is 101 cm³/mol. The van der Waals surface area contributed by atoms with E-state index < -0.39 is 0 Å². The summed E-state index contributed by atoms with van der Waals surface area (Å²) in [5, 5.41) is 9.83. The molecule has 0 bridgehead atoms. The minimum absolute atomic E-state index is 0.611. The van der Waals surface area contributed by atoms with E-state index in [0.29, 0.717) is 12.3 Å². The van der Waals surface area contributed by atoms with Crippen molar-refractivity contribution in [1.29, 1.82) is 5.26 Å². The van der Waals surface area contributed by atoms with E-state index in [4.69, 9.17) is 9.47 Å². The first-order chi connectivity index (χ1) is 12.7. The highest BCUT2D eigenvalue weighted by molar-refractivity contribution is 5.78. The van der Waals surface area contributed by atoms with Gasteiger partial charge in [-0.3, -0.25) is 0 Å². The Balaban J connectivity index is 1.80. The normalized spacial score (nSPS) is 15.9. The molecule has 0 amide bonds. The Morgan fingerprint density at radius 2 is 1.73 bits per heavy atom. The number of methoxy groups -OCH3 is 2. The van der Waals surface area contributed by atoms with Crippen LogP contribution in [0.15, 0.2) is 48.0 Å². The number of para-hydroxylation sites is 1. The van der Waals surface area contributed by atoms with Crippen molar-refractivity contribution >= 4 is 11.4 Å². The van der Waals surface area contributed by atoms with E-state index in [2.05, 4.69) is 28.0 Å². The van der Waals surface area contributed by atoms with E-state index in [-0.39, 0.29) is 0 Å². The molecule has 2 heterocycles. The molecule has 2 aromatic carbocycles. The maximum absolute atomic E-state index is 9.83. The van der Waals surface area contributed by atoms with Gasteiger partial charge in [0.2, 0.25) is 0 Å². The van der Waals surface area contributed by atoms with Crippen LogP contribution >= 0.6 is 0 Å². The second-order valence-electron chi connectivity index (χ2n) is 6.49. The molecule has 0 fully saturated rings. The number of nitriles is 1. The quantitative estimate of drug-likeness (QED) is 0.853. The highest BCUT2D eigenvalue weighted by Crippen LogP contribution is 2.40. The second kappa shape index (κ2) is 6.64. The summed E-state index contributed by atoms with van der Waals surface area (Å²) in [6.07, 6.45) is 0.917. The van der Waals surface area contributed by atoms with Crippen LogP contribution in [-0.4, -0.2) is 38.9 Å². The first kappa shape index (κ1) is 16.3. The topological polar surface area (TPSA) is 48.7 Å². The third kappa shape index (κ3) is 2.64. The van der Waals surface area contributed by atoms with Crippen molar-refractivity contribution in [2.45, 2.75) is 6.42 Å². The fraction of sp³-hybridized carbons (Fsp3) is 0.286. The van der Waals surface area contributed by atoms with Crippen molar-refractivity contribution in [2.75, 3.05) is 38.9 Å². The molecule has 2 aliphatic rings. The standard InChI is InChI=1S/C21H21N3O2/c1-25-19-10-15-8-9-23-14-24(17-6-4-3-5-7-17)13-16(12-22)21(23)18(15)11-20(19)26-2/h3-7,10-11H,8-9,13-14H2,1-2H3. The molecule has 0 N–H and O–H groups in total. The molecular formula is C21H21N3O2. The number of hydrogen-bond donors (Lipinski definition) is 0. The summed E-state index contributed by atoms with van der Waals surface area (Å²) in [7, 11) is 3.29. The van der Waals surface area contributed by atoms with Crippen molar-refractivity contribution in [3.8, 4) is 17.6 Å². The van der Waals surface area contributed by atoms with E-state index in [1.54, 1.807) is 14.2 Å². The van der Waals surface area contributed by atoms with Crippen molar-refractivity contribution < 1.29 is 9.47 Å². The third-order valence-electron chi connectivity index (χ3n) is 5.06. The highest BCUT2D eigenvalue weighted by atomic mass is 16.5. The zero-order valence-corrected chi connectivity index (χ0v) is 15.0. The number of fused-ring (bicyclic) bond motifs is 3. The van der Waals surface area contributed by atoms with Gasteiger partial charge in [0, 0.05) is 17.8 Å². The van der Waals surface area contributed by atoms with Crippen molar-refractivity contribution in [2.24, 2.45) is 0 Å². The summed E-state index contributed by atoms with van der Waals surface area (Å²) in [5.74, 6) is 1.43. The van der Waals surface area contributed by atoms with Gasteiger partial charge in [0.05, 0.1) is 44.8 Å². The fourth-order valence-corrected chi connectivity index (χ4v) is 3.80. The summed E-state index contributed by atoms with van der Waals surface area (Å²) in [6.45, 7) is 2.27. The van der Waals surface area contributed by atoms with Crippen LogP contribution in [0.3, 0.4) is 0 Å². The van der Waals surface area contributed by atoms with Gasteiger partial charge in [-0.15, -0.1) is 0 Å². The summed E-state index contributed by atoms with van der Waals surface area (Å²) in [5.41, 5.74) is 5.24. The SMILES string of the molecule is COc1cc2c(cc1OC)C1=C(C#N)CN(c3ccccc3)CN1CC2. The lowest BCUT2D eigenvalue weighted by molar-refractivity contribution is 0.349. The van der Waals surface area contributed by atoms with Crippen LogP contribution in [0.2, 0.25) is 0 Å². The summed E-state index contributed by atoms with van der Waals surface area (Å²) in [4.78, 5) is 4.54. The van der Waals surface area contributed by atoms with E-state index in [0.717, 1.165) is 47.9 Å². The Morgan fingerprint density at radius 3 is 2.42 bits per heavy atom. The lowest BCUT2D eigenvalue weighted by Crippen LogP contribution is -2.45. The number of anilines is 1. The Kier molecular flexibility index (Phi) is 4.18. The maximum Gasteiger partial charge on any atom is 0.161 e. The average molecular weight is 347 g/mol. The molecule has 5 nitrogen and oxygen atoms in total. The molecule has 26 heavy (non-hydrogen) atoms. The zero-order chi connectivity index (χ0) is 18.1. The molecule has 0 radical (unpaired) electrons. The van der Waals surface area contributed by atoms with Crippen molar-refractivity contribution in [3.05, 3.63) is 59.2 Å². The fourth-order valence-electron chi connectivity index (χ4n) is 3.80. The molecule has 2 aromatic rings. The molecule has 0 atom stereocenters. The molecule has 2 aliphatic heterocycles. The van der Waals surface area contributed by atoms with Gasteiger partial charge in [0.15, 0.2) is 11.5 Å². The second-order valence-corrected chi connectivity index (χ2v) is 6.49. The van der Waals surface area contributed by atoms with Gasteiger partial charge in [-0.25, -0.2) is 0 Å². The monoisotopic (exact) mass is 347 g/mol. The minimum Gasteiger partial charge on any atom is -0.493 e. The Morgan fingerprint density at radius 1 is 1.00 bits per heavy atom. The van der Waals surface area contributed by atoms with Crippen LogP contribution in [0.4, 0.5) is 5.69 Å². The van der Waals surface area contributed by atoms with Gasteiger partial charge in [0.1, 0.15) is 0 Å². The number of hydrogen-bond acceptors (Lipinski definition) is 5. The molecule has 0 aliphatic carbocycles. The van der Waals surface area contributed by atoms with Gasteiger partial charge in [0.25, 0.3) is 0 Å². The lowest BCUT2D eigenvalue weighted by atomic mass is 9.92. The van der Waals surface area contributed by atoms with Crippen LogP contribution in [0.1, 0.15) is 11.1 Å². The molecule has 0 unspecified atom stereocenters. The van der Waals surface area contributed by atoms with Gasteiger partial charge in [-0.2, -0.15) is 5.26 Å². The van der Waals surface area contributed by atoms with Crippen LogP contribution in [-0.2, 0) is 6.42 Å². The number of benzene rings is 2. The summed E-state index contributed by atoms with van der Waals surface area (Å²) in [6, 6.07) is 16.7. The lowest BCUT2D eigenvalue weighted by Gasteiger charge is -2.43. The first-order valence-electron chi connectivity index (χ1n) is 8.68. The van der Waals surface area contributed by atoms with Crippen LogP contribution in [0.25, 0.3) is 5.70 Å². The van der Waals surface area contributed by atoms with Crippen LogP contribution < -0.4 is 14.4 Å². The molecule has 0 spiro atoms. The van der Waals surface area contributed by atoms with Gasteiger partial charge in [-0.1, -0.05) is 18.2 Å². The van der Waals surface area contributed by atoms with Gasteiger partial charge < -0.3 is 19.3 Å². The average Bonchev–Trinajstić information content (AvgIpc) is 2.72. The summed E-state index contributed by atoms with van der Waals surface area (Å²) < 4.78 is 10.9. The summed E-state index contributed by atoms with van der Waals surface area (Å²) >= 11 is 0. The van der Waals surface area contributed by atoms with E-state index in [9.17, 15) is 5.26 Å². The molecule has 132 valence electrons. The number of ether oxygens (including phenoxy) is 2. The van der Waals surface area contributed by atoms with Crippen molar-refractivity contribution in [3.63, 3.8) is 0 Å². The Bertz CT molecular complexity index is 899. The molecule has 0 saturated heterocycles. The smallest absolute Gasteiger partial charge is 0.161 e. The third-order valence-corrected chi connectivity index (χ3v) is 5.06.